The third kappa shape index (κ3) is 6.97. The molecule has 0 radical (unpaired) electrons. The number of halogens is 1. The number of benzene rings is 1. The van der Waals surface area contributed by atoms with Gasteiger partial charge < -0.3 is 25.2 Å². The summed E-state index contributed by atoms with van der Waals surface area (Å²) in [6.45, 7) is 7.66. The van der Waals surface area contributed by atoms with E-state index >= 15 is 0 Å². The van der Waals surface area contributed by atoms with Gasteiger partial charge in [0.05, 0.1) is 28.3 Å². The first-order chi connectivity index (χ1) is 17.6. The minimum absolute atomic E-state index is 0.320. The molecule has 1 aliphatic rings. The molecule has 0 amide bonds. The fourth-order valence-electron chi connectivity index (χ4n) is 4.00. The Morgan fingerprint density at radius 2 is 1.70 bits per heavy atom. The maximum absolute atomic E-state index is 13.0. The molecule has 2 aromatic heterocycles. The van der Waals surface area contributed by atoms with E-state index in [0.29, 0.717) is 58.1 Å². The van der Waals surface area contributed by atoms with Crippen molar-refractivity contribution in [2.45, 2.75) is 19.9 Å². The van der Waals surface area contributed by atoms with Crippen molar-refractivity contribution >= 4 is 34.6 Å². The third-order valence-corrected chi connectivity index (χ3v) is 6.35. The van der Waals surface area contributed by atoms with E-state index in [4.69, 9.17) is 21.8 Å². The number of hydrogen-bond acceptors (Lipinski definition) is 7. The third-order valence-electron chi connectivity index (χ3n) is 6.02. The SMILES string of the molecule is CCc1nn(CCN2CCN(C)CC2)c2[nH]c(-c3ccccc3Cl)c(O)c(=O)c12.O=C(O)/C=C/C(=O)O. The molecule has 0 saturated carbocycles. The van der Waals surface area contributed by atoms with Crippen LogP contribution in [0.15, 0.2) is 41.2 Å². The average Bonchev–Trinajstić information content (AvgIpc) is 3.23. The summed E-state index contributed by atoms with van der Waals surface area (Å²) in [5.41, 5.74) is 1.85. The fraction of sp³-hybridized carbons (Fsp3) is 0.360. The standard InChI is InChI=1S/C21H26ClN5O2.C4H4O4/c1-3-16-17-19(28)20(29)18(14-6-4-5-7-15(14)22)23-21(17)27(24-16)13-12-26-10-8-25(2)9-11-26;5-3(6)1-2-4(7)8/h4-7,29H,3,8-13H2,1-2H3,(H,23,28);1-2H,(H,5,6)(H,7,8)/b;2-1+. The Morgan fingerprint density at radius 3 is 2.27 bits per heavy atom. The molecule has 1 saturated heterocycles. The Hall–Kier alpha value is -3.67. The first-order valence-electron chi connectivity index (χ1n) is 11.8. The zero-order valence-corrected chi connectivity index (χ0v) is 21.4. The predicted molar refractivity (Wildman–Crippen MR) is 140 cm³/mol. The van der Waals surface area contributed by atoms with Gasteiger partial charge in [-0.05, 0) is 19.5 Å². The predicted octanol–water partition coefficient (Wildman–Crippen LogP) is 2.27. The number of rotatable bonds is 7. The van der Waals surface area contributed by atoms with E-state index in [-0.39, 0.29) is 5.75 Å². The second-order valence-electron chi connectivity index (χ2n) is 8.56. The van der Waals surface area contributed by atoms with Crippen molar-refractivity contribution in [2.24, 2.45) is 0 Å². The largest absolute Gasteiger partial charge is 0.503 e. The minimum Gasteiger partial charge on any atom is -0.503 e. The highest BCUT2D eigenvalue weighted by molar-refractivity contribution is 6.33. The van der Waals surface area contributed by atoms with E-state index in [1.807, 2.05) is 23.7 Å². The average molecular weight is 532 g/mol. The first kappa shape index (κ1) is 27.9. The number of aryl methyl sites for hydroxylation is 1. The van der Waals surface area contributed by atoms with Gasteiger partial charge in [-0.15, -0.1) is 0 Å². The number of carboxylic acids is 2. The van der Waals surface area contributed by atoms with E-state index in [1.165, 1.54) is 0 Å². The van der Waals surface area contributed by atoms with Gasteiger partial charge in [0.15, 0.2) is 5.75 Å². The summed E-state index contributed by atoms with van der Waals surface area (Å²) in [5, 5.41) is 31.8. The molecule has 0 bridgehead atoms. The van der Waals surface area contributed by atoms with Crippen LogP contribution in [0.5, 0.6) is 5.75 Å². The summed E-state index contributed by atoms with van der Waals surface area (Å²) in [6, 6.07) is 7.16. The Balaban J connectivity index is 0.000000414. The second kappa shape index (κ2) is 12.5. The van der Waals surface area contributed by atoms with Gasteiger partial charge in [0.2, 0.25) is 5.43 Å². The number of likely N-dealkylation sites (N-methyl/N-ethyl adjacent to an activating group) is 1. The van der Waals surface area contributed by atoms with Gasteiger partial charge in [-0.25, -0.2) is 14.3 Å². The van der Waals surface area contributed by atoms with Crippen molar-refractivity contribution in [2.75, 3.05) is 39.8 Å². The number of nitrogens with zero attached hydrogens (tertiary/aromatic N) is 4. The lowest BCUT2D eigenvalue weighted by Gasteiger charge is -2.32. The Kier molecular flexibility index (Phi) is 9.45. The van der Waals surface area contributed by atoms with Crippen LogP contribution in [-0.4, -0.2) is 91.6 Å². The summed E-state index contributed by atoms with van der Waals surface area (Å²) >= 11 is 6.31. The van der Waals surface area contributed by atoms with Crippen LogP contribution in [0.25, 0.3) is 22.3 Å². The van der Waals surface area contributed by atoms with E-state index < -0.39 is 17.4 Å². The summed E-state index contributed by atoms with van der Waals surface area (Å²) in [7, 11) is 2.14. The number of piperazine rings is 1. The fourth-order valence-corrected chi connectivity index (χ4v) is 4.24. The van der Waals surface area contributed by atoms with Crippen molar-refractivity contribution < 1.29 is 24.9 Å². The van der Waals surface area contributed by atoms with Gasteiger partial charge in [-0.3, -0.25) is 9.69 Å². The number of nitrogens with one attached hydrogen (secondary N) is 1. The van der Waals surface area contributed by atoms with Crippen LogP contribution in [0, 0.1) is 0 Å². The number of aromatic amines is 1. The molecule has 1 aromatic carbocycles. The first-order valence-corrected chi connectivity index (χ1v) is 12.1. The molecule has 0 aliphatic carbocycles. The molecule has 4 N–H and O–H groups in total. The maximum atomic E-state index is 13.0. The second-order valence-corrected chi connectivity index (χ2v) is 8.97. The van der Waals surface area contributed by atoms with E-state index in [9.17, 15) is 19.5 Å². The molecule has 1 fully saturated rings. The number of aromatic hydroxyl groups is 1. The molecule has 0 atom stereocenters. The molecular weight excluding hydrogens is 502 g/mol. The monoisotopic (exact) mass is 531 g/mol. The normalized spacial score (nSPS) is 14.6. The number of aliphatic carboxylic acids is 2. The van der Waals surface area contributed by atoms with Crippen molar-refractivity contribution in [1.82, 2.24) is 24.6 Å². The van der Waals surface area contributed by atoms with Gasteiger partial charge in [0.25, 0.3) is 0 Å². The van der Waals surface area contributed by atoms with Gasteiger partial charge in [0, 0.05) is 50.4 Å². The Labute approximate surface area is 218 Å². The zero-order valence-electron chi connectivity index (χ0n) is 20.6. The number of pyridine rings is 1. The molecule has 0 spiro atoms. The number of carbonyl (C=O) groups is 2. The highest BCUT2D eigenvalue weighted by atomic mass is 35.5. The Morgan fingerprint density at radius 1 is 1.08 bits per heavy atom. The lowest BCUT2D eigenvalue weighted by Crippen LogP contribution is -2.45. The van der Waals surface area contributed by atoms with Crippen LogP contribution < -0.4 is 5.43 Å². The van der Waals surface area contributed by atoms with Crippen molar-refractivity contribution in [3.05, 3.63) is 57.4 Å². The van der Waals surface area contributed by atoms with E-state index in [2.05, 4.69) is 26.9 Å². The van der Waals surface area contributed by atoms with Crippen LogP contribution >= 0.6 is 11.6 Å². The number of fused-ring (bicyclic) bond motifs is 1. The van der Waals surface area contributed by atoms with Gasteiger partial charge in [-0.1, -0.05) is 36.7 Å². The summed E-state index contributed by atoms with van der Waals surface area (Å²) in [5.74, 6) is -2.83. The smallest absolute Gasteiger partial charge is 0.328 e. The van der Waals surface area contributed by atoms with Crippen LogP contribution in [-0.2, 0) is 22.6 Å². The highest BCUT2D eigenvalue weighted by Gasteiger charge is 2.21. The molecule has 3 heterocycles. The van der Waals surface area contributed by atoms with Crippen LogP contribution in [0.3, 0.4) is 0 Å². The number of hydrogen-bond donors (Lipinski definition) is 4. The van der Waals surface area contributed by atoms with E-state index in [1.54, 1.807) is 12.1 Å². The number of aromatic nitrogens is 3. The topological polar surface area (TPSA) is 152 Å². The molecule has 12 heteroatoms. The summed E-state index contributed by atoms with van der Waals surface area (Å²) < 4.78 is 1.85. The molecule has 3 aromatic rings. The molecule has 0 unspecified atom stereocenters. The number of H-pyrrole nitrogens is 1. The van der Waals surface area contributed by atoms with Crippen molar-refractivity contribution in [1.29, 1.82) is 0 Å². The van der Waals surface area contributed by atoms with Crippen LogP contribution in [0.2, 0.25) is 5.02 Å². The van der Waals surface area contributed by atoms with Crippen molar-refractivity contribution in [3.8, 4) is 17.0 Å². The minimum atomic E-state index is -1.26. The lowest BCUT2D eigenvalue weighted by atomic mass is 10.1. The van der Waals surface area contributed by atoms with E-state index in [0.717, 1.165) is 32.7 Å². The molecule has 198 valence electrons. The van der Waals surface area contributed by atoms with Gasteiger partial charge >= 0.3 is 11.9 Å². The highest BCUT2D eigenvalue weighted by Crippen LogP contribution is 2.32. The molecular formula is C25H30ClN5O6. The van der Waals surface area contributed by atoms with Gasteiger partial charge in [-0.2, -0.15) is 5.10 Å². The molecule has 4 rings (SSSR count). The van der Waals surface area contributed by atoms with Crippen LogP contribution in [0.1, 0.15) is 12.6 Å². The number of carboxylic acid groups (broad SMARTS) is 2. The van der Waals surface area contributed by atoms with Crippen molar-refractivity contribution in [3.63, 3.8) is 0 Å². The molecule has 11 nitrogen and oxygen atoms in total. The Bertz CT molecular complexity index is 1340. The van der Waals surface area contributed by atoms with Gasteiger partial charge in [0.1, 0.15) is 5.65 Å². The quantitative estimate of drug-likeness (QED) is 0.336. The molecule has 37 heavy (non-hydrogen) atoms. The summed E-state index contributed by atoms with van der Waals surface area (Å²) in [4.78, 5) is 40.1. The van der Waals surface area contributed by atoms with Crippen LogP contribution in [0.4, 0.5) is 0 Å². The lowest BCUT2D eigenvalue weighted by molar-refractivity contribution is -0.134. The zero-order chi connectivity index (χ0) is 27.1. The molecule has 1 aliphatic heterocycles. The maximum Gasteiger partial charge on any atom is 0.328 e. The summed E-state index contributed by atoms with van der Waals surface area (Å²) in [6.07, 6.45) is 1.73.